The van der Waals surface area contributed by atoms with E-state index >= 15 is 0 Å². The van der Waals surface area contributed by atoms with Gasteiger partial charge in [-0.05, 0) is 47.3 Å². The molecule has 3 nitrogen and oxygen atoms in total. The van der Waals surface area contributed by atoms with Crippen LogP contribution in [0.5, 0.6) is 0 Å². The summed E-state index contributed by atoms with van der Waals surface area (Å²) in [6.45, 7) is 14.8. The monoisotopic (exact) mass is 544 g/mol. The molecule has 0 bridgehead atoms. The van der Waals surface area contributed by atoms with Gasteiger partial charge in [0.15, 0.2) is 0 Å². The molecular formula is C22H44N2OS6. The molecule has 0 unspecified atom stereocenters. The van der Waals surface area contributed by atoms with Gasteiger partial charge in [0.1, 0.15) is 8.64 Å². The van der Waals surface area contributed by atoms with Gasteiger partial charge in [0.25, 0.3) is 0 Å². The zero-order valence-electron chi connectivity index (χ0n) is 20.1. The Morgan fingerprint density at radius 1 is 0.613 bits per heavy atom. The van der Waals surface area contributed by atoms with Crippen LogP contribution in [0.1, 0.15) is 79.1 Å². The quantitative estimate of drug-likeness (QED) is 0.0849. The molecule has 0 aromatic rings. The second kappa shape index (κ2) is 24.3. The Morgan fingerprint density at radius 3 is 1.23 bits per heavy atom. The van der Waals surface area contributed by atoms with E-state index < -0.39 is 0 Å². The van der Waals surface area contributed by atoms with Crippen molar-refractivity contribution >= 4 is 76.3 Å². The van der Waals surface area contributed by atoms with Gasteiger partial charge in [-0.15, -0.1) is 0 Å². The molecule has 0 aromatic carbocycles. The van der Waals surface area contributed by atoms with Gasteiger partial charge >= 0.3 is 0 Å². The van der Waals surface area contributed by atoms with Gasteiger partial charge in [-0.3, -0.25) is 0 Å². The Labute approximate surface area is 219 Å². The van der Waals surface area contributed by atoms with Gasteiger partial charge in [0.2, 0.25) is 0 Å². The Bertz CT molecular complexity index is 388. The average molecular weight is 545 g/mol. The lowest BCUT2D eigenvalue weighted by atomic mass is 10.3. The summed E-state index contributed by atoms with van der Waals surface area (Å²) in [4.78, 5) is 4.75. The molecule has 9 heteroatoms. The third-order valence-corrected chi connectivity index (χ3v) is 10.5. The highest BCUT2D eigenvalue weighted by molar-refractivity contribution is 8.84. The molecule has 0 aliphatic heterocycles. The molecule has 31 heavy (non-hydrogen) atoms. The van der Waals surface area contributed by atoms with E-state index in [9.17, 15) is 0 Å². The van der Waals surface area contributed by atoms with Crippen molar-refractivity contribution in [3.05, 3.63) is 0 Å². The lowest BCUT2D eigenvalue weighted by Crippen LogP contribution is -2.29. The van der Waals surface area contributed by atoms with Crippen molar-refractivity contribution in [2.24, 2.45) is 0 Å². The number of hydrogen-bond donors (Lipinski definition) is 0. The molecule has 0 saturated heterocycles. The lowest BCUT2D eigenvalue weighted by molar-refractivity contribution is 0.167. The van der Waals surface area contributed by atoms with Crippen molar-refractivity contribution in [2.75, 3.05) is 50.9 Å². The summed E-state index contributed by atoms with van der Waals surface area (Å²) in [5, 5.41) is 0. The third kappa shape index (κ3) is 19.2. The normalized spacial score (nSPS) is 11.0. The van der Waals surface area contributed by atoms with E-state index in [0.717, 1.165) is 59.5 Å². The smallest absolute Gasteiger partial charge is 0.147 e. The summed E-state index contributed by atoms with van der Waals surface area (Å²) in [5.41, 5.74) is 0. The molecule has 0 saturated carbocycles. The van der Waals surface area contributed by atoms with E-state index in [2.05, 4.69) is 37.5 Å². The van der Waals surface area contributed by atoms with Crippen LogP contribution in [0.4, 0.5) is 0 Å². The first-order valence-electron chi connectivity index (χ1n) is 11.8. The zero-order valence-corrected chi connectivity index (χ0v) is 25.0. The molecule has 0 N–H and O–H groups in total. The Kier molecular flexibility index (Phi) is 25.2. The van der Waals surface area contributed by atoms with E-state index in [1.807, 2.05) is 21.6 Å². The van der Waals surface area contributed by atoms with Gasteiger partial charge in [0.05, 0.1) is 13.2 Å². The maximum absolute atomic E-state index is 5.80. The first-order chi connectivity index (χ1) is 15.1. The van der Waals surface area contributed by atoms with Gasteiger partial charge in [0, 0.05) is 37.7 Å². The van der Waals surface area contributed by atoms with E-state index in [-0.39, 0.29) is 0 Å². The maximum atomic E-state index is 5.80. The number of ether oxygens (including phenoxy) is 1. The van der Waals surface area contributed by atoms with Crippen molar-refractivity contribution in [2.45, 2.75) is 79.1 Å². The molecule has 0 aromatic heterocycles. The summed E-state index contributed by atoms with van der Waals surface area (Å²) in [7, 11) is 7.10. The minimum Gasteiger partial charge on any atom is -0.380 e. The highest BCUT2D eigenvalue weighted by Gasteiger charge is 2.11. The van der Waals surface area contributed by atoms with Gasteiger partial charge in [-0.2, -0.15) is 0 Å². The fourth-order valence-corrected chi connectivity index (χ4v) is 7.25. The average Bonchev–Trinajstić information content (AvgIpc) is 2.77. The molecular weight excluding hydrogens is 501 g/mol. The third-order valence-electron chi connectivity index (χ3n) is 4.53. The lowest BCUT2D eigenvalue weighted by Gasteiger charge is -2.24. The molecule has 0 aliphatic carbocycles. The predicted octanol–water partition coefficient (Wildman–Crippen LogP) is 8.14. The topological polar surface area (TPSA) is 15.7 Å². The molecule has 0 aliphatic rings. The number of unbranched alkanes of at least 4 members (excludes halogenated alkanes) is 4. The predicted molar refractivity (Wildman–Crippen MR) is 159 cm³/mol. The Morgan fingerprint density at radius 2 is 0.935 bits per heavy atom. The van der Waals surface area contributed by atoms with E-state index in [1.54, 1.807) is 21.6 Å². The molecule has 0 spiro atoms. The molecule has 0 heterocycles. The molecule has 0 fully saturated rings. The van der Waals surface area contributed by atoms with Crippen LogP contribution in [-0.2, 0) is 4.74 Å². The second-order valence-corrected chi connectivity index (χ2v) is 13.4. The molecule has 0 radical (unpaired) electrons. The van der Waals surface area contributed by atoms with Crippen molar-refractivity contribution < 1.29 is 4.74 Å². The maximum Gasteiger partial charge on any atom is 0.147 e. The standard InChI is InChI=1S/C22H44N2OS6/c1-5-9-13-23(14-10-6-2)21(26)30-28-19-17-25-18-20-29-31-22(27)24(15-11-7-3)16-12-8-4/h5-20H2,1-4H3. The summed E-state index contributed by atoms with van der Waals surface area (Å²) < 4.78 is 7.86. The van der Waals surface area contributed by atoms with Crippen molar-refractivity contribution in [3.8, 4) is 0 Å². The van der Waals surface area contributed by atoms with Crippen LogP contribution in [0.25, 0.3) is 0 Å². The molecule has 0 rings (SSSR count). The molecule has 184 valence electrons. The first-order valence-corrected chi connectivity index (χ1v) is 17.3. The molecule has 0 amide bonds. The van der Waals surface area contributed by atoms with Crippen LogP contribution < -0.4 is 0 Å². The van der Waals surface area contributed by atoms with Crippen LogP contribution in [0.3, 0.4) is 0 Å². The van der Waals surface area contributed by atoms with Crippen LogP contribution in [-0.4, -0.2) is 69.3 Å². The fourth-order valence-electron chi connectivity index (χ4n) is 2.56. The van der Waals surface area contributed by atoms with E-state index in [4.69, 9.17) is 29.2 Å². The minimum atomic E-state index is 0.777. The first kappa shape index (κ1) is 32.1. The largest absolute Gasteiger partial charge is 0.380 e. The highest BCUT2D eigenvalue weighted by Crippen LogP contribution is 2.27. The summed E-state index contributed by atoms with van der Waals surface area (Å²) in [6.07, 6.45) is 9.72. The van der Waals surface area contributed by atoms with Crippen molar-refractivity contribution in [1.29, 1.82) is 0 Å². The Balaban J connectivity index is 3.82. The van der Waals surface area contributed by atoms with Crippen molar-refractivity contribution in [3.63, 3.8) is 0 Å². The molecule has 0 atom stereocenters. The van der Waals surface area contributed by atoms with Crippen LogP contribution in [0, 0.1) is 0 Å². The summed E-state index contributed by atoms with van der Waals surface area (Å²) in [6, 6.07) is 0. The van der Waals surface area contributed by atoms with Crippen LogP contribution in [0.2, 0.25) is 0 Å². The summed E-state index contributed by atoms with van der Waals surface area (Å²) in [5.74, 6) is 1.94. The SMILES string of the molecule is CCCCN(CCCC)C(=S)SSCCOCCSSC(=S)N(CCCC)CCCC. The Hall–Kier alpha value is 1.14. The second-order valence-electron chi connectivity index (χ2n) is 7.34. The van der Waals surface area contributed by atoms with Gasteiger partial charge in [-0.1, -0.05) is 99.4 Å². The highest BCUT2D eigenvalue weighted by atomic mass is 33.1. The number of thiocarbonyl (C=S) groups is 2. The van der Waals surface area contributed by atoms with Gasteiger partial charge < -0.3 is 14.5 Å². The number of rotatable bonds is 20. The van der Waals surface area contributed by atoms with Crippen molar-refractivity contribution in [1.82, 2.24) is 9.80 Å². The van der Waals surface area contributed by atoms with Crippen LogP contribution in [0.15, 0.2) is 0 Å². The van der Waals surface area contributed by atoms with E-state index in [0.29, 0.717) is 0 Å². The fraction of sp³-hybridized carbons (Fsp3) is 0.909. The number of hydrogen-bond acceptors (Lipinski definition) is 7. The zero-order chi connectivity index (χ0) is 23.2. The number of nitrogens with zero attached hydrogens (tertiary/aromatic N) is 2. The minimum absolute atomic E-state index is 0.777. The van der Waals surface area contributed by atoms with Crippen LogP contribution >= 0.6 is 67.6 Å². The summed E-state index contributed by atoms with van der Waals surface area (Å²) >= 11 is 11.3. The van der Waals surface area contributed by atoms with E-state index in [1.165, 1.54) is 51.4 Å². The van der Waals surface area contributed by atoms with Gasteiger partial charge in [-0.25, -0.2) is 0 Å².